The minimum atomic E-state index is -1.12. The highest BCUT2D eigenvalue weighted by molar-refractivity contribution is 5.97. The largest absolute Gasteiger partial charge is 0.479 e. The number of nitrogens with one attached hydrogen (secondary N) is 1. The third-order valence-electron chi connectivity index (χ3n) is 3.82. The number of aromatic nitrogens is 2. The van der Waals surface area contributed by atoms with Gasteiger partial charge in [-0.3, -0.25) is 4.79 Å². The van der Waals surface area contributed by atoms with E-state index >= 15 is 0 Å². The number of carbonyl (C=O) groups is 2. The molecule has 0 aliphatic heterocycles. The van der Waals surface area contributed by atoms with Gasteiger partial charge >= 0.3 is 5.97 Å². The molecule has 0 aliphatic rings. The molecule has 0 fully saturated rings. The summed E-state index contributed by atoms with van der Waals surface area (Å²) >= 11 is 0. The zero-order chi connectivity index (χ0) is 17.1. The van der Waals surface area contributed by atoms with Crippen LogP contribution in [-0.4, -0.2) is 27.0 Å². The molecular formula is C17H19N3O3. The summed E-state index contributed by atoms with van der Waals surface area (Å²) in [5.74, 6) is -1.06. The van der Waals surface area contributed by atoms with Crippen LogP contribution in [0.3, 0.4) is 0 Å². The number of carbonyl (C=O) groups excluding carboxylic acids is 1. The summed E-state index contributed by atoms with van der Waals surface area (Å²) in [5.41, 5.74) is 3.17. The second-order valence-corrected chi connectivity index (χ2v) is 5.45. The maximum atomic E-state index is 12.4. The van der Waals surface area contributed by atoms with Crippen LogP contribution in [0.2, 0.25) is 0 Å². The Morgan fingerprint density at radius 1 is 1.17 bits per heavy atom. The molecule has 1 amide bonds. The third kappa shape index (κ3) is 3.53. The molecule has 0 saturated heterocycles. The van der Waals surface area contributed by atoms with Crippen molar-refractivity contribution in [2.24, 2.45) is 0 Å². The van der Waals surface area contributed by atoms with Crippen molar-refractivity contribution in [3.8, 4) is 0 Å². The molecule has 1 aromatic heterocycles. The lowest BCUT2D eigenvalue weighted by atomic mass is 9.97. The first-order valence-corrected chi connectivity index (χ1v) is 7.21. The Balaban J connectivity index is 2.35. The fourth-order valence-corrected chi connectivity index (χ4v) is 2.37. The molecule has 1 heterocycles. The molecular weight excluding hydrogens is 294 g/mol. The van der Waals surface area contributed by atoms with Gasteiger partial charge in [0.25, 0.3) is 5.91 Å². The third-order valence-corrected chi connectivity index (χ3v) is 3.82. The monoisotopic (exact) mass is 313 g/mol. The summed E-state index contributed by atoms with van der Waals surface area (Å²) < 4.78 is 0. The first-order chi connectivity index (χ1) is 10.8. The highest BCUT2D eigenvalue weighted by atomic mass is 16.4. The Morgan fingerprint density at radius 3 is 2.48 bits per heavy atom. The summed E-state index contributed by atoms with van der Waals surface area (Å²) in [6.45, 7) is 7.16. The minimum Gasteiger partial charge on any atom is -0.479 e. The van der Waals surface area contributed by atoms with E-state index in [0.29, 0.717) is 17.1 Å². The van der Waals surface area contributed by atoms with Crippen LogP contribution >= 0.6 is 0 Å². The van der Waals surface area contributed by atoms with Crippen molar-refractivity contribution in [1.82, 2.24) is 15.3 Å². The summed E-state index contributed by atoms with van der Waals surface area (Å²) in [6, 6.07) is 4.26. The van der Waals surface area contributed by atoms with Gasteiger partial charge in [-0.2, -0.15) is 0 Å². The molecule has 23 heavy (non-hydrogen) atoms. The molecule has 1 unspecified atom stereocenters. The summed E-state index contributed by atoms with van der Waals surface area (Å²) in [6.07, 6.45) is 1.41. The lowest BCUT2D eigenvalue weighted by Crippen LogP contribution is -2.35. The Labute approximate surface area is 134 Å². The number of hydrogen-bond donors (Lipinski definition) is 2. The predicted molar refractivity (Wildman–Crippen MR) is 85.3 cm³/mol. The quantitative estimate of drug-likeness (QED) is 0.903. The second-order valence-electron chi connectivity index (χ2n) is 5.45. The van der Waals surface area contributed by atoms with E-state index < -0.39 is 17.9 Å². The van der Waals surface area contributed by atoms with E-state index in [9.17, 15) is 14.7 Å². The van der Waals surface area contributed by atoms with Crippen LogP contribution in [0.25, 0.3) is 0 Å². The van der Waals surface area contributed by atoms with Gasteiger partial charge in [0.05, 0.1) is 11.3 Å². The normalized spacial score (nSPS) is 11.8. The van der Waals surface area contributed by atoms with Gasteiger partial charge in [-0.25, -0.2) is 14.8 Å². The van der Waals surface area contributed by atoms with Crippen molar-refractivity contribution >= 4 is 11.9 Å². The number of hydrogen-bond acceptors (Lipinski definition) is 4. The van der Waals surface area contributed by atoms with Crippen molar-refractivity contribution in [3.05, 3.63) is 58.2 Å². The standard InChI is InChI=1S/C17H19N3O3/c1-9-6-5-7-13(10(9)2)15(17(22)23)20-16(21)14-8-18-12(4)19-11(14)3/h5-8,15H,1-4H3,(H,20,21)(H,22,23). The van der Waals surface area contributed by atoms with E-state index in [1.165, 1.54) is 6.20 Å². The van der Waals surface area contributed by atoms with Gasteiger partial charge in [0.2, 0.25) is 0 Å². The maximum Gasteiger partial charge on any atom is 0.330 e. The van der Waals surface area contributed by atoms with Crippen LogP contribution in [0, 0.1) is 27.7 Å². The van der Waals surface area contributed by atoms with Crippen molar-refractivity contribution in [1.29, 1.82) is 0 Å². The number of nitrogens with zero attached hydrogens (tertiary/aromatic N) is 2. The lowest BCUT2D eigenvalue weighted by molar-refractivity contribution is -0.139. The number of rotatable bonds is 4. The molecule has 0 aliphatic carbocycles. The number of benzene rings is 1. The molecule has 2 rings (SSSR count). The Morgan fingerprint density at radius 2 is 1.87 bits per heavy atom. The van der Waals surface area contributed by atoms with E-state index in [1.54, 1.807) is 26.0 Å². The highest BCUT2D eigenvalue weighted by Gasteiger charge is 2.25. The molecule has 2 N–H and O–H groups in total. The van der Waals surface area contributed by atoms with Crippen molar-refractivity contribution in [3.63, 3.8) is 0 Å². The van der Waals surface area contributed by atoms with Crippen LogP contribution in [0.4, 0.5) is 0 Å². The average Bonchev–Trinajstić information content (AvgIpc) is 2.47. The SMILES string of the molecule is Cc1ncc(C(=O)NC(C(=O)O)c2cccc(C)c2C)c(C)n1. The predicted octanol–water partition coefficient (Wildman–Crippen LogP) is 2.27. The molecule has 1 atom stereocenters. The fraction of sp³-hybridized carbons (Fsp3) is 0.294. The van der Waals surface area contributed by atoms with E-state index in [2.05, 4.69) is 15.3 Å². The maximum absolute atomic E-state index is 12.4. The first-order valence-electron chi connectivity index (χ1n) is 7.21. The number of amides is 1. The van der Waals surface area contributed by atoms with Gasteiger partial charge in [-0.05, 0) is 44.4 Å². The van der Waals surface area contributed by atoms with Crippen LogP contribution in [0.5, 0.6) is 0 Å². The Bertz CT molecular complexity index is 772. The van der Waals surface area contributed by atoms with Crippen molar-refractivity contribution < 1.29 is 14.7 Å². The second kappa shape index (κ2) is 6.56. The van der Waals surface area contributed by atoms with Gasteiger partial charge in [0.15, 0.2) is 6.04 Å². The number of carboxylic acids is 1. The van der Waals surface area contributed by atoms with Gasteiger partial charge in [-0.1, -0.05) is 18.2 Å². The number of carboxylic acid groups (broad SMARTS) is 1. The smallest absolute Gasteiger partial charge is 0.330 e. The zero-order valence-corrected chi connectivity index (χ0v) is 13.5. The van der Waals surface area contributed by atoms with E-state index in [-0.39, 0.29) is 5.56 Å². The van der Waals surface area contributed by atoms with Crippen molar-refractivity contribution in [2.75, 3.05) is 0 Å². The van der Waals surface area contributed by atoms with E-state index in [4.69, 9.17) is 0 Å². The average molecular weight is 313 g/mol. The van der Waals surface area contributed by atoms with Crippen molar-refractivity contribution in [2.45, 2.75) is 33.7 Å². The number of aryl methyl sites for hydroxylation is 3. The van der Waals surface area contributed by atoms with Gasteiger partial charge in [-0.15, -0.1) is 0 Å². The molecule has 1 aromatic carbocycles. The van der Waals surface area contributed by atoms with Gasteiger partial charge in [0, 0.05) is 6.20 Å². The molecule has 6 heteroatoms. The van der Waals surface area contributed by atoms with Crippen LogP contribution in [0.1, 0.15) is 44.6 Å². The fourth-order valence-electron chi connectivity index (χ4n) is 2.37. The van der Waals surface area contributed by atoms with Gasteiger partial charge < -0.3 is 10.4 Å². The summed E-state index contributed by atoms with van der Waals surface area (Å²) in [5, 5.41) is 12.1. The number of aliphatic carboxylic acids is 1. The molecule has 0 radical (unpaired) electrons. The lowest BCUT2D eigenvalue weighted by Gasteiger charge is -2.18. The highest BCUT2D eigenvalue weighted by Crippen LogP contribution is 2.21. The van der Waals surface area contributed by atoms with Crippen LogP contribution < -0.4 is 5.32 Å². The molecule has 6 nitrogen and oxygen atoms in total. The van der Waals surface area contributed by atoms with Gasteiger partial charge in [0.1, 0.15) is 5.82 Å². The van der Waals surface area contributed by atoms with E-state index in [0.717, 1.165) is 11.1 Å². The molecule has 0 saturated carbocycles. The molecule has 0 bridgehead atoms. The minimum absolute atomic E-state index is 0.271. The zero-order valence-electron chi connectivity index (χ0n) is 13.5. The Kier molecular flexibility index (Phi) is 4.74. The first kappa shape index (κ1) is 16.6. The van der Waals surface area contributed by atoms with Crippen LogP contribution in [0.15, 0.2) is 24.4 Å². The van der Waals surface area contributed by atoms with E-state index in [1.807, 2.05) is 19.9 Å². The summed E-state index contributed by atoms with van der Waals surface area (Å²) in [4.78, 5) is 32.2. The summed E-state index contributed by atoms with van der Waals surface area (Å²) in [7, 11) is 0. The Hall–Kier alpha value is -2.76. The molecule has 2 aromatic rings. The van der Waals surface area contributed by atoms with Crippen LogP contribution in [-0.2, 0) is 4.79 Å². The topological polar surface area (TPSA) is 92.2 Å². The molecule has 120 valence electrons. The molecule has 0 spiro atoms.